The summed E-state index contributed by atoms with van der Waals surface area (Å²) in [5.41, 5.74) is 2.56. The summed E-state index contributed by atoms with van der Waals surface area (Å²) in [5, 5.41) is 0. The fourth-order valence-corrected chi connectivity index (χ4v) is 3.33. The Kier molecular flexibility index (Phi) is 6.07. The van der Waals surface area contributed by atoms with E-state index in [2.05, 4.69) is 34.1 Å². The number of piperazine rings is 1. The molecule has 0 saturated carbocycles. The van der Waals surface area contributed by atoms with Crippen LogP contribution in [0.2, 0.25) is 0 Å². The van der Waals surface area contributed by atoms with Gasteiger partial charge in [0.05, 0.1) is 26.4 Å². The van der Waals surface area contributed by atoms with Gasteiger partial charge in [-0.25, -0.2) is 0 Å². The van der Waals surface area contributed by atoms with Crippen LogP contribution in [0, 0.1) is 0 Å². The van der Waals surface area contributed by atoms with Crippen LogP contribution in [0.5, 0.6) is 0 Å². The van der Waals surface area contributed by atoms with E-state index in [9.17, 15) is 4.79 Å². The number of carbonyl (C=O) groups excluding carboxylic acids is 1. The average Bonchev–Trinajstić information content (AvgIpc) is 2.62. The Morgan fingerprint density at radius 1 is 1.12 bits per heavy atom. The third-order valence-electron chi connectivity index (χ3n) is 4.70. The van der Waals surface area contributed by atoms with Gasteiger partial charge in [0.25, 0.3) is 0 Å². The van der Waals surface area contributed by atoms with Gasteiger partial charge in [-0.2, -0.15) is 0 Å². The Labute approximate surface area is 143 Å². The number of hydrogen-bond donors (Lipinski definition) is 0. The first-order chi connectivity index (χ1) is 11.8. The Morgan fingerprint density at radius 3 is 2.67 bits per heavy atom. The minimum atomic E-state index is 0.196. The van der Waals surface area contributed by atoms with Gasteiger partial charge in [0.2, 0.25) is 5.91 Å². The summed E-state index contributed by atoms with van der Waals surface area (Å²) >= 11 is 0. The van der Waals surface area contributed by atoms with Gasteiger partial charge in [-0.05, 0) is 11.6 Å². The van der Waals surface area contributed by atoms with Crippen molar-refractivity contribution in [2.45, 2.75) is 6.54 Å². The Hall–Kier alpha value is -1.63. The average molecular weight is 333 g/mol. The third kappa shape index (κ3) is 4.26. The molecule has 1 aromatic carbocycles. The summed E-state index contributed by atoms with van der Waals surface area (Å²) in [4.78, 5) is 18.8. The lowest BCUT2D eigenvalue weighted by molar-refractivity contribution is -0.136. The van der Waals surface area contributed by atoms with E-state index in [1.54, 1.807) is 7.11 Å². The molecule has 6 heteroatoms. The van der Waals surface area contributed by atoms with Crippen LogP contribution >= 0.6 is 0 Å². The molecule has 0 atom stereocenters. The van der Waals surface area contributed by atoms with E-state index < -0.39 is 0 Å². The third-order valence-corrected chi connectivity index (χ3v) is 4.70. The summed E-state index contributed by atoms with van der Waals surface area (Å²) in [7, 11) is 1.67. The molecular weight excluding hydrogens is 306 g/mol. The number of nitrogens with zero attached hydrogens (tertiary/aromatic N) is 3. The zero-order chi connectivity index (χ0) is 16.8. The normalized spacial score (nSPS) is 19.8. The number of morpholine rings is 1. The number of carbonyl (C=O) groups is 1. The van der Waals surface area contributed by atoms with Crippen molar-refractivity contribution in [2.75, 3.05) is 71.1 Å². The molecular formula is C18H27N3O3. The second-order valence-corrected chi connectivity index (χ2v) is 6.31. The maximum Gasteiger partial charge on any atom is 0.236 e. The molecule has 0 unspecified atom stereocenters. The van der Waals surface area contributed by atoms with E-state index in [-0.39, 0.29) is 5.91 Å². The van der Waals surface area contributed by atoms with Crippen molar-refractivity contribution in [3.8, 4) is 0 Å². The number of anilines is 1. The number of methoxy groups -OCH3 is 1. The van der Waals surface area contributed by atoms with Crippen LogP contribution in [0.3, 0.4) is 0 Å². The van der Waals surface area contributed by atoms with Gasteiger partial charge in [0, 0.05) is 52.1 Å². The number of amides is 1. The summed E-state index contributed by atoms with van der Waals surface area (Å²) in [6.45, 7) is 7.71. The van der Waals surface area contributed by atoms with Crippen LogP contribution in [-0.4, -0.2) is 81.9 Å². The molecule has 3 rings (SSSR count). The standard InChI is InChI=1S/C18H27N3O3/c1-23-11-8-21-7-6-19(15-18(21)22)14-16-4-2-3-5-17(16)20-9-12-24-13-10-20/h2-5H,6-15H2,1H3. The van der Waals surface area contributed by atoms with E-state index in [0.717, 1.165) is 45.9 Å². The van der Waals surface area contributed by atoms with Crippen LogP contribution in [0.1, 0.15) is 5.56 Å². The molecule has 24 heavy (non-hydrogen) atoms. The molecule has 0 aliphatic carbocycles. The zero-order valence-corrected chi connectivity index (χ0v) is 14.4. The molecule has 1 amide bonds. The lowest BCUT2D eigenvalue weighted by Crippen LogP contribution is -2.50. The molecule has 0 bridgehead atoms. The molecule has 2 aliphatic heterocycles. The highest BCUT2D eigenvalue weighted by molar-refractivity contribution is 5.79. The van der Waals surface area contributed by atoms with Crippen LogP contribution in [0.4, 0.5) is 5.69 Å². The largest absolute Gasteiger partial charge is 0.383 e. The lowest BCUT2D eigenvalue weighted by atomic mass is 10.1. The zero-order valence-electron chi connectivity index (χ0n) is 14.4. The number of ether oxygens (including phenoxy) is 2. The molecule has 2 aliphatic rings. The van der Waals surface area contributed by atoms with Crippen molar-refractivity contribution in [1.29, 1.82) is 0 Å². The molecule has 2 fully saturated rings. The Balaban J connectivity index is 1.61. The van der Waals surface area contributed by atoms with Gasteiger partial charge >= 0.3 is 0 Å². The molecule has 2 saturated heterocycles. The van der Waals surface area contributed by atoms with Crippen molar-refractivity contribution in [3.63, 3.8) is 0 Å². The topological polar surface area (TPSA) is 45.2 Å². The molecule has 0 spiro atoms. The predicted octanol–water partition coefficient (Wildman–Crippen LogP) is 0.814. The molecule has 0 aromatic heterocycles. The lowest BCUT2D eigenvalue weighted by Gasteiger charge is -2.36. The second kappa shape index (κ2) is 8.46. The predicted molar refractivity (Wildman–Crippen MR) is 93.2 cm³/mol. The van der Waals surface area contributed by atoms with Gasteiger partial charge in [0.1, 0.15) is 0 Å². The minimum Gasteiger partial charge on any atom is -0.383 e. The van der Waals surface area contributed by atoms with E-state index in [1.807, 2.05) is 4.90 Å². The van der Waals surface area contributed by atoms with Gasteiger partial charge < -0.3 is 19.3 Å². The van der Waals surface area contributed by atoms with E-state index >= 15 is 0 Å². The van der Waals surface area contributed by atoms with Crippen molar-refractivity contribution >= 4 is 11.6 Å². The Morgan fingerprint density at radius 2 is 1.92 bits per heavy atom. The summed E-state index contributed by atoms with van der Waals surface area (Å²) in [6, 6.07) is 8.52. The SMILES string of the molecule is COCCN1CCN(Cc2ccccc2N2CCOCC2)CC1=O. The van der Waals surface area contributed by atoms with Crippen LogP contribution in [0.15, 0.2) is 24.3 Å². The maximum absolute atomic E-state index is 12.3. The quantitative estimate of drug-likeness (QED) is 0.771. The van der Waals surface area contributed by atoms with E-state index in [0.29, 0.717) is 19.7 Å². The summed E-state index contributed by atoms with van der Waals surface area (Å²) in [5.74, 6) is 0.196. The van der Waals surface area contributed by atoms with Gasteiger partial charge in [-0.3, -0.25) is 9.69 Å². The van der Waals surface area contributed by atoms with Gasteiger partial charge in [-0.1, -0.05) is 18.2 Å². The monoisotopic (exact) mass is 333 g/mol. The highest BCUT2D eigenvalue weighted by Gasteiger charge is 2.24. The fourth-order valence-electron chi connectivity index (χ4n) is 3.33. The highest BCUT2D eigenvalue weighted by Crippen LogP contribution is 2.23. The number of para-hydroxylation sites is 1. The maximum atomic E-state index is 12.3. The van der Waals surface area contributed by atoms with Crippen LogP contribution < -0.4 is 4.90 Å². The first-order valence-corrected chi connectivity index (χ1v) is 8.67. The van der Waals surface area contributed by atoms with Crippen molar-refractivity contribution in [1.82, 2.24) is 9.80 Å². The number of benzene rings is 1. The molecule has 132 valence electrons. The molecule has 2 heterocycles. The number of rotatable bonds is 6. The highest BCUT2D eigenvalue weighted by atomic mass is 16.5. The van der Waals surface area contributed by atoms with Crippen LogP contribution in [0.25, 0.3) is 0 Å². The van der Waals surface area contributed by atoms with E-state index in [4.69, 9.17) is 9.47 Å². The van der Waals surface area contributed by atoms with Crippen molar-refractivity contribution in [3.05, 3.63) is 29.8 Å². The van der Waals surface area contributed by atoms with Gasteiger partial charge in [0.15, 0.2) is 0 Å². The minimum absolute atomic E-state index is 0.196. The molecule has 0 N–H and O–H groups in total. The number of hydrogen-bond acceptors (Lipinski definition) is 5. The van der Waals surface area contributed by atoms with Gasteiger partial charge in [-0.15, -0.1) is 0 Å². The van der Waals surface area contributed by atoms with E-state index in [1.165, 1.54) is 11.3 Å². The Bertz CT molecular complexity index is 546. The van der Waals surface area contributed by atoms with Crippen molar-refractivity contribution < 1.29 is 14.3 Å². The smallest absolute Gasteiger partial charge is 0.236 e. The summed E-state index contributed by atoms with van der Waals surface area (Å²) in [6.07, 6.45) is 0. The first kappa shape index (κ1) is 17.2. The van der Waals surface area contributed by atoms with Crippen molar-refractivity contribution in [2.24, 2.45) is 0 Å². The second-order valence-electron chi connectivity index (χ2n) is 6.31. The first-order valence-electron chi connectivity index (χ1n) is 8.67. The molecule has 6 nitrogen and oxygen atoms in total. The van der Waals surface area contributed by atoms with Crippen LogP contribution in [-0.2, 0) is 20.8 Å². The molecule has 1 aromatic rings. The fraction of sp³-hybridized carbons (Fsp3) is 0.611. The summed E-state index contributed by atoms with van der Waals surface area (Å²) < 4.78 is 10.5. The molecule has 0 radical (unpaired) electrons.